The van der Waals surface area contributed by atoms with E-state index in [9.17, 15) is 14.0 Å². The molecule has 0 aliphatic heterocycles. The zero-order valence-corrected chi connectivity index (χ0v) is 14.1. The highest BCUT2D eigenvalue weighted by Crippen LogP contribution is 2.28. The van der Waals surface area contributed by atoms with E-state index in [0.717, 1.165) is 10.3 Å². The molecule has 4 aromatic rings. The Morgan fingerprint density at radius 3 is 2.69 bits per heavy atom. The Kier molecular flexibility index (Phi) is 4.06. The monoisotopic (exact) mass is 365 g/mol. The largest absolute Gasteiger partial charge is 0.321 e. The Morgan fingerprint density at radius 2 is 1.92 bits per heavy atom. The summed E-state index contributed by atoms with van der Waals surface area (Å²) in [5.74, 6) is -0.652. The van der Waals surface area contributed by atoms with Gasteiger partial charge in [0.15, 0.2) is 0 Å². The van der Waals surface area contributed by atoms with Crippen molar-refractivity contribution in [2.45, 2.75) is 0 Å². The average Bonchev–Trinajstić information content (AvgIpc) is 3.08. The first kappa shape index (κ1) is 16.2. The number of amides is 1. The normalized spacial score (nSPS) is 10.8. The lowest BCUT2D eigenvalue weighted by atomic mass is 10.1. The molecule has 2 aromatic heterocycles. The number of halogens is 1. The fourth-order valence-corrected chi connectivity index (χ4v) is 3.56. The van der Waals surface area contributed by atoms with Crippen molar-refractivity contribution in [3.05, 3.63) is 81.7 Å². The van der Waals surface area contributed by atoms with Gasteiger partial charge in [-0.3, -0.25) is 9.59 Å². The Morgan fingerprint density at radius 1 is 1.08 bits per heavy atom. The molecule has 0 radical (unpaired) electrons. The minimum Gasteiger partial charge on any atom is -0.321 e. The van der Waals surface area contributed by atoms with Crippen molar-refractivity contribution in [2.75, 3.05) is 5.32 Å². The molecule has 0 aliphatic rings. The number of fused-ring (bicyclic) bond motifs is 1. The molecule has 4 rings (SSSR count). The summed E-state index contributed by atoms with van der Waals surface area (Å²) < 4.78 is 14.5. The highest BCUT2D eigenvalue weighted by atomic mass is 32.1. The number of anilines is 1. The summed E-state index contributed by atoms with van der Waals surface area (Å²) in [4.78, 5) is 24.0. The van der Waals surface area contributed by atoms with E-state index in [1.54, 1.807) is 42.5 Å². The number of nitrogens with zero attached hydrogens (tertiary/aromatic N) is 1. The highest BCUT2D eigenvalue weighted by molar-refractivity contribution is 7.20. The van der Waals surface area contributed by atoms with Gasteiger partial charge in [0.25, 0.3) is 11.5 Å². The summed E-state index contributed by atoms with van der Waals surface area (Å²) >= 11 is 1.24. The molecule has 128 valence electrons. The zero-order chi connectivity index (χ0) is 18.1. The van der Waals surface area contributed by atoms with Gasteiger partial charge in [-0.25, -0.2) is 9.49 Å². The number of carbonyl (C=O) groups is 1. The first-order valence-electron chi connectivity index (χ1n) is 7.76. The van der Waals surface area contributed by atoms with Gasteiger partial charge in [0.1, 0.15) is 5.82 Å². The molecule has 7 heteroatoms. The van der Waals surface area contributed by atoms with Gasteiger partial charge in [-0.15, -0.1) is 11.3 Å². The third-order valence-electron chi connectivity index (χ3n) is 3.83. The third kappa shape index (κ3) is 3.12. The molecule has 0 saturated heterocycles. The fourth-order valence-electron chi connectivity index (χ4n) is 2.59. The van der Waals surface area contributed by atoms with Crippen LogP contribution >= 0.6 is 11.3 Å². The quantitative estimate of drug-likeness (QED) is 0.575. The summed E-state index contributed by atoms with van der Waals surface area (Å²) in [5, 5.41) is 9.60. The van der Waals surface area contributed by atoms with Gasteiger partial charge in [0.05, 0.1) is 10.6 Å². The molecule has 0 atom stereocenters. The van der Waals surface area contributed by atoms with E-state index in [4.69, 9.17) is 0 Å². The van der Waals surface area contributed by atoms with Crippen molar-refractivity contribution in [1.29, 1.82) is 0 Å². The van der Waals surface area contributed by atoms with Crippen LogP contribution in [-0.4, -0.2) is 16.1 Å². The maximum absolute atomic E-state index is 13.8. The molecular weight excluding hydrogens is 353 g/mol. The van der Waals surface area contributed by atoms with Crippen LogP contribution in [0, 0.1) is 5.82 Å². The van der Waals surface area contributed by atoms with Gasteiger partial charge in [-0.2, -0.15) is 5.10 Å². The first-order valence-corrected chi connectivity index (χ1v) is 8.57. The molecule has 0 unspecified atom stereocenters. The van der Waals surface area contributed by atoms with Crippen LogP contribution in [-0.2, 0) is 0 Å². The van der Waals surface area contributed by atoms with E-state index < -0.39 is 0 Å². The van der Waals surface area contributed by atoms with E-state index >= 15 is 0 Å². The lowest BCUT2D eigenvalue weighted by molar-refractivity contribution is 0.103. The van der Waals surface area contributed by atoms with Crippen LogP contribution < -0.4 is 10.9 Å². The van der Waals surface area contributed by atoms with Gasteiger partial charge in [-0.1, -0.05) is 18.2 Å². The van der Waals surface area contributed by atoms with Crippen molar-refractivity contribution >= 4 is 33.0 Å². The topological polar surface area (TPSA) is 74.8 Å². The fraction of sp³-hybridized carbons (Fsp3) is 0. The maximum atomic E-state index is 13.8. The summed E-state index contributed by atoms with van der Waals surface area (Å²) in [5.41, 5.74) is 1.64. The van der Waals surface area contributed by atoms with Crippen LogP contribution in [0.25, 0.3) is 21.3 Å². The van der Waals surface area contributed by atoms with Crippen molar-refractivity contribution in [3.63, 3.8) is 0 Å². The van der Waals surface area contributed by atoms with Crippen LogP contribution in [0.2, 0.25) is 0 Å². The minimum absolute atomic E-state index is 0.282. The zero-order valence-electron chi connectivity index (χ0n) is 13.3. The molecule has 1 amide bonds. The Hall–Kier alpha value is -3.32. The SMILES string of the molecule is O=C(Nc1cccc(-c2ccc(=O)[nH]n2)c1)c1cc2c(F)cccc2s1. The predicted octanol–water partition coefficient (Wildman–Crippen LogP) is 4.04. The Labute approximate surface area is 151 Å². The molecular formula is C19H12FN3O2S. The molecule has 0 fully saturated rings. The number of benzene rings is 2. The second kappa shape index (κ2) is 6.53. The lowest BCUT2D eigenvalue weighted by Crippen LogP contribution is -2.10. The number of aromatic amines is 1. The van der Waals surface area contributed by atoms with Crippen LogP contribution in [0.4, 0.5) is 10.1 Å². The van der Waals surface area contributed by atoms with Crippen molar-refractivity contribution in [1.82, 2.24) is 10.2 Å². The highest BCUT2D eigenvalue weighted by Gasteiger charge is 2.13. The number of hydrogen-bond donors (Lipinski definition) is 2. The van der Waals surface area contributed by atoms with Crippen molar-refractivity contribution in [3.8, 4) is 11.3 Å². The average molecular weight is 365 g/mol. The van der Waals surface area contributed by atoms with E-state index in [1.165, 1.54) is 23.5 Å². The number of rotatable bonds is 3. The van der Waals surface area contributed by atoms with Gasteiger partial charge in [0.2, 0.25) is 0 Å². The minimum atomic E-state index is -0.344. The third-order valence-corrected chi connectivity index (χ3v) is 4.93. The predicted molar refractivity (Wildman–Crippen MR) is 100 cm³/mol. The molecule has 26 heavy (non-hydrogen) atoms. The number of thiophene rings is 1. The van der Waals surface area contributed by atoms with E-state index in [2.05, 4.69) is 15.5 Å². The number of carbonyl (C=O) groups excluding carboxylic acids is 1. The van der Waals surface area contributed by atoms with Crippen LogP contribution in [0.1, 0.15) is 9.67 Å². The second-order valence-corrected chi connectivity index (χ2v) is 6.69. The van der Waals surface area contributed by atoms with Crippen molar-refractivity contribution in [2.24, 2.45) is 0 Å². The standard InChI is InChI=1S/C19H12FN3O2S/c20-14-5-2-6-16-13(14)10-17(26-16)19(25)21-12-4-1-3-11(9-12)15-7-8-18(24)23-22-15/h1-10H,(H,21,25)(H,23,24). The van der Waals surface area contributed by atoms with Crippen LogP contribution in [0.15, 0.2) is 65.5 Å². The van der Waals surface area contributed by atoms with Gasteiger partial charge < -0.3 is 5.32 Å². The Balaban J connectivity index is 1.61. The molecule has 0 aliphatic carbocycles. The van der Waals surface area contributed by atoms with Gasteiger partial charge in [0, 0.05) is 27.4 Å². The number of hydrogen-bond acceptors (Lipinski definition) is 4. The molecule has 5 nitrogen and oxygen atoms in total. The molecule has 2 N–H and O–H groups in total. The summed E-state index contributed by atoms with van der Waals surface area (Å²) in [7, 11) is 0. The number of H-pyrrole nitrogens is 1. The lowest BCUT2D eigenvalue weighted by Gasteiger charge is -2.06. The smallest absolute Gasteiger partial charge is 0.265 e. The molecule has 2 aromatic carbocycles. The van der Waals surface area contributed by atoms with E-state index in [1.807, 2.05) is 6.07 Å². The van der Waals surface area contributed by atoms with E-state index in [0.29, 0.717) is 21.6 Å². The molecule has 0 saturated carbocycles. The van der Waals surface area contributed by atoms with Gasteiger partial charge >= 0.3 is 0 Å². The summed E-state index contributed by atoms with van der Waals surface area (Å²) in [6.07, 6.45) is 0. The number of aromatic nitrogens is 2. The maximum Gasteiger partial charge on any atom is 0.265 e. The van der Waals surface area contributed by atoms with Gasteiger partial charge in [-0.05, 0) is 36.4 Å². The second-order valence-electron chi connectivity index (χ2n) is 5.60. The molecule has 2 heterocycles. The van der Waals surface area contributed by atoms with Crippen molar-refractivity contribution < 1.29 is 9.18 Å². The molecule has 0 spiro atoms. The van der Waals surface area contributed by atoms with Crippen LogP contribution in [0.5, 0.6) is 0 Å². The van der Waals surface area contributed by atoms with E-state index in [-0.39, 0.29) is 17.3 Å². The summed E-state index contributed by atoms with van der Waals surface area (Å²) in [6.45, 7) is 0. The van der Waals surface area contributed by atoms with Crippen LogP contribution in [0.3, 0.4) is 0 Å². The molecule has 0 bridgehead atoms. The first-order chi connectivity index (χ1) is 12.6. The summed E-state index contributed by atoms with van der Waals surface area (Å²) in [6, 6.07) is 16.4. The Bertz CT molecular complexity index is 1160. The number of nitrogens with one attached hydrogen (secondary N) is 2.